The SMILES string of the molecule is C=C1CC[C@H]2[C@H](CNCC3CC3)[C@@H]([C@@]3(C)CC[C@H](O)C[C@@H]3CO)CC[C@]12C. The molecular formula is C24H41NO2. The summed E-state index contributed by atoms with van der Waals surface area (Å²) in [4.78, 5) is 0. The fraction of sp³-hybridized carbons (Fsp3) is 0.917. The van der Waals surface area contributed by atoms with Crippen LogP contribution in [0.3, 0.4) is 0 Å². The van der Waals surface area contributed by atoms with E-state index >= 15 is 0 Å². The molecule has 0 spiro atoms. The second-order valence-corrected chi connectivity index (χ2v) is 10.9. The molecule has 4 aliphatic carbocycles. The van der Waals surface area contributed by atoms with Gasteiger partial charge < -0.3 is 15.5 Å². The molecule has 0 heterocycles. The van der Waals surface area contributed by atoms with Gasteiger partial charge in [-0.15, -0.1) is 0 Å². The summed E-state index contributed by atoms with van der Waals surface area (Å²) in [5.41, 5.74) is 1.97. The summed E-state index contributed by atoms with van der Waals surface area (Å²) in [6.45, 7) is 11.9. The number of nitrogens with one attached hydrogen (secondary N) is 1. The van der Waals surface area contributed by atoms with Gasteiger partial charge in [0, 0.05) is 6.61 Å². The molecule has 3 nitrogen and oxygen atoms in total. The number of aliphatic hydroxyl groups excluding tert-OH is 2. The molecule has 7 atom stereocenters. The molecule has 4 fully saturated rings. The van der Waals surface area contributed by atoms with Crippen LogP contribution < -0.4 is 5.32 Å². The van der Waals surface area contributed by atoms with Crippen LogP contribution in [0.25, 0.3) is 0 Å². The minimum Gasteiger partial charge on any atom is -0.396 e. The van der Waals surface area contributed by atoms with Gasteiger partial charge in [-0.05, 0) is 111 Å². The Balaban J connectivity index is 1.57. The van der Waals surface area contributed by atoms with E-state index in [1.54, 1.807) is 0 Å². The zero-order chi connectivity index (χ0) is 19.2. The highest BCUT2D eigenvalue weighted by Crippen LogP contribution is 2.63. The first-order valence-electron chi connectivity index (χ1n) is 11.6. The lowest BCUT2D eigenvalue weighted by Crippen LogP contribution is -2.53. The summed E-state index contributed by atoms with van der Waals surface area (Å²) < 4.78 is 0. The van der Waals surface area contributed by atoms with E-state index in [0.29, 0.717) is 17.3 Å². The predicted molar refractivity (Wildman–Crippen MR) is 110 cm³/mol. The molecule has 0 aromatic heterocycles. The van der Waals surface area contributed by atoms with Crippen LogP contribution in [0.5, 0.6) is 0 Å². The van der Waals surface area contributed by atoms with E-state index in [2.05, 4.69) is 25.7 Å². The summed E-state index contributed by atoms with van der Waals surface area (Å²) in [6.07, 6.45) is 10.3. The summed E-state index contributed by atoms with van der Waals surface area (Å²) in [5, 5.41) is 24.2. The van der Waals surface area contributed by atoms with E-state index in [-0.39, 0.29) is 24.0 Å². The fourth-order valence-corrected chi connectivity index (χ4v) is 7.24. The highest BCUT2D eigenvalue weighted by Gasteiger charge is 2.56. The summed E-state index contributed by atoms with van der Waals surface area (Å²) in [6, 6.07) is 0. The molecule has 4 saturated carbocycles. The third-order valence-electron chi connectivity index (χ3n) is 9.47. The van der Waals surface area contributed by atoms with Crippen molar-refractivity contribution in [3.8, 4) is 0 Å². The minimum absolute atomic E-state index is 0.158. The van der Waals surface area contributed by atoms with Crippen molar-refractivity contribution >= 4 is 0 Å². The molecular weight excluding hydrogens is 334 g/mol. The third-order valence-corrected chi connectivity index (χ3v) is 9.47. The lowest BCUT2D eigenvalue weighted by atomic mass is 9.49. The van der Waals surface area contributed by atoms with Gasteiger partial charge in [0.15, 0.2) is 0 Å². The maximum absolute atomic E-state index is 10.2. The van der Waals surface area contributed by atoms with E-state index in [1.165, 1.54) is 50.6 Å². The van der Waals surface area contributed by atoms with Crippen LogP contribution >= 0.6 is 0 Å². The van der Waals surface area contributed by atoms with Gasteiger partial charge in [-0.3, -0.25) is 0 Å². The lowest BCUT2D eigenvalue weighted by molar-refractivity contribution is -0.0933. The molecule has 4 rings (SSSR count). The fourth-order valence-electron chi connectivity index (χ4n) is 7.24. The molecule has 0 aromatic carbocycles. The summed E-state index contributed by atoms with van der Waals surface area (Å²) in [5.74, 6) is 3.22. The first-order valence-corrected chi connectivity index (χ1v) is 11.6. The van der Waals surface area contributed by atoms with Crippen LogP contribution in [0.2, 0.25) is 0 Å². The van der Waals surface area contributed by atoms with Crippen molar-refractivity contribution in [3.63, 3.8) is 0 Å². The molecule has 0 bridgehead atoms. The Morgan fingerprint density at radius 1 is 1.04 bits per heavy atom. The summed E-state index contributed by atoms with van der Waals surface area (Å²) in [7, 11) is 0. The summed E-state index contributed by atoms with van der Waals surface area (Å²) >= 11 is 0. The number of aliphatic hydroxyl groups is 2. The Labute approximate surface area is 166 Å². The van der Waals surface area contributed by atoms with E-state index in [0.717, 1.165) is 37.6 Å². The first-order chi connectivity index (χ1) is 12.9. The van der Waals surface area contributed by atoms with Gasteiger partial charge >= 0.3 is 0 Å². The van der Waals surface area contributed by atoms with Gasteiger partial charge in [-0.25, -0.2) is 0 Å². The Bertz CT molecular complexity index is 559. The van der Waals surface area contributed by atoms with E-state index in [4.69, 9.17) is 0 Å². The minimum atomic E-state index is -0.221. The normalized spacial score (nSPS) is 47.9. The first kappa shape index (κ1) is 19.9. The highest BCUT2D eigenvalue weighted by molar-refractivity contribution is 5.21. The molecule has 3 heteroatoms. The average Bonchev–Trinajstić information content (AvgIpc) is 3.42. The van der Waals surface area contributed by atoms with Crippen molar-refractivity contribution in [1.82, 2.24) is 5.32 Å². The monoisotopic (exact) mass is 375 g/mol. The highest BCUT2D eigenvalue weighted by atomic mass is 16.3. The molecule has 0 saturated heterocycles. The van der Waals surface area contributed by atoms with Gasteiger partial charge in [-0.1, -0.05) is 26.0 Å². The van der Waals surface area contributed by atoms with Gasteiger partial charge in [-0.2, -0.15) is 0 Å². The number of rotatable bonds is 6. The van der Waals surface area contributed by atoms with Crippen molar-refractivity contribution in [2.75, 3.05) is 19.7 Å². The maximum Gasteiger partial charge on any atom is 0.0544 e. The number of hydrogen-bond donors (Lipinski definition) is 3. The smallest absolute Gasteiger partial charge is 0.0544 e. The molecule has 0 aliphatic heterocycles. The van der Waals surface area contributed by atoms with Crippen LogP contribution in [0.15, 0.2) is 12.2 Å². The standard InChI is InChI=1S/C24H41NO2/c1-16-4-7-21-20(14-25-13-17-5-6-17)22(9-11-23(16,21)2)24(3)10-8-19(27)12-18(24)15-26/h17-22,25-27H,1,4-15H2,2-3H3/t18-,19+,20+,21+,22+,23-,24+/m1/s1. The molecule has 3 N–H and O–H groups in total. The lowest BCUT2D eigenvalue weighted by Gasteiger charge is -2.56. The van der Waals surface area contributed by atoms with Crippen molar-refractivity contribution in [2.45, 2.75) is 77.7 Å². The molecule has 0 amide bonds. The second-order valence-electron chi connectivity index (χ2n) is 10.9. The zero-order valence-electron chi connectivity index (χ0n) is 17.6. The number of fused-ring (bicyclic) bond motifs is 1. The van der Waals surface area contributed by atoms with E-state index in [1.807, 2.05) is 0 Å². The quantitative estimate of drug-likeness (QED) is 0.612. The second kappa shape index (κ2) is 7.46. The zero-order valence-corrected chi connectivity index (χ0v) is 17.6. The predicted octanol–water partition coefficient (Wildman–Crippen LogP) is 4.14. The molecule has 0 aromatic rings. The molecule has 0 unspecified atom stereocenters. The van der Waals surface area contributed by atoms with Crippen molar-refractivity contribution in [3.05, 3.63) is 12.2 Å². The van der Waals surface area contributed by atoms with Crippen molar-refractivity contribution < 1.29 is 10.2 Å². The number of allylic oxidation sites excluding steroid dienone is 1. The number of hydrogen-bond acceptors (Lipinski definition) is 3. The maximum atomic E-state index is 10.2. The van der Waals surface area contributed by atoms with Gasteiger partial charge in [0.05, 0.1) is 6.10 Å². The Morgan fingerprint density at radius 2 is 1.81 bits per heavy atom. The Hall–Kier alpha value is -0.380. The van der Waals surface area contributed by atoms with Gasteiger partial charge in [0.25, 0.3) is 0 Å². The van der Waals surface area contributed by atoms with Gasteiger partial charge in [0.2, 0.25) is 0 Å². The third kappa shape index (κ3) is 3.53. The van der Waals surface area contributed by atoms with Crippen molar-refractivity contribution in [1.29, 1.82) is 0 Å². The topological polar surface area (TPSA) is 52.5 Å². The molecule has 0 radical (unpaired) electrons. The largest absolute Gasteiger partial charge is 0.396 e. The van der Waals surface area contributed by atoms with E-state index < -0.39 is 0 Å². The molecule has 27 heavy (non-hydrogen) atoms. The van der Waals surface area contributed by atoms with Crippen LogP contribution in [-0.4, -0.2) is 36.0 Å². The molecule has 154 valence electrons. The van der Waals surface area contributed by atoms with E-state index in [9.17, 15) is 10.2 Å². The Morgan fingerprint density at radius 3 is 2.52 bits per heavy atom. The van der Waals surface area contributed by atoms with Gasteiger partial charge in [0.1, 0.15) is 0 Å². The van der Waals surface area contributed by atoms with Crippen LogP contribution in [0.4, 0.5) is 0 Å². The van der Waals surface area contributed by atoms with Crippen LogP contribution in [0, 0.1) is 40.4 Å². The Kier molecular flexibility index (Phi) is 5.50. The van der Waals surface area contributed by atoms with Crippen LogP contribution in [-0.2, 0) is 0 Å². The molecule has 4 aliphatic rings. The average molecular weight is 376 g/mol. The van der Waals surface area contributed by atoms with Crippen molar-refractivity contribution in [2.24, 2.45) is 40.4 Å². The van der Waals surface area contributed by atoms with Crippen LogP contribution in [0.1, 0.15) is 71.6 Å².